The predicted octanol–water partition coefficient (Wildman–Crippen LogP) is 1.70. The van der Waals surface area contributed by atoms with Crippen LogP contribution in [0.5, 0.6) is 5.75 Å². The summed E-state index contributed by atoms with van der Waals surface area (Å²) in [6.07, 6.45) is 3.13. The van der Waals surface area contributed by atoms with Gasteiger partial charge < -0.3 is 14.8 Å². The van der Waals surface area contributed by atoms with Crippen LogP contribution in [0.2, 0.25) is 0 Å². The van der Waals surface area contributed by atoms with Gasteiger partial charge in [-0.15, -0.1) is 0 Å². The molecule has 0 spiro atoms. The maximum absolute atomic E-state index is 12.0. The Morgan fingerprint density at radius 2 is 2.36 bits per heavy atom. The van der Waals surface area contributed by atoms with Crippen molar-refractivity contribution in [3.63, 3.8) is 0 Å². The number of benzene rings is 1. The van der Waals surface area contributed by atoms with Crippen molar-refractivity contribution in [2.45, 2.75) is 38.4 Å². The van der Waals surface area contributed by atoms with E-state index in [0.29, 0.717) is 6.61 Å². The monoisotopic (exact) mass is 304 g/mol. The van der Waals surface area contributed by atoms with Gasteiger partial charge in [0.2, 0.25) is 0 Å². The van der Waals surface area contributed by atoms with Gasteiger partial charge in [0.05, 0.1) is 7.11 Å². The Hall–Kier alpha value is -1.59. The highest BCUT2D eigenvalue weighted by molar-refractivity contribution is 5.75. The Balaban J connectivity index is 1.74. The summed E-state index contributed by atoms with van der Waals surface area (Å²) in [5.41, 5.74) is 2.42. The zero-order chi connectivity index (χ0) is 15.4. The Morgan fingerprint density at radius 1 is 1.45 bits per heavy atom. The second-order valence-corrected chi connectivity index (χ2v) is 5.97. The quantitative estimate of drug-likeness (QED) is 0.861. The summed E-state index contributed by atoms with van der Waals surface area (Å²) < 4.78 is 10.7. The number of fused-ring (bicyclic) bond motifs is 1. The normalized spacial score (nSPS) is 22.3. The molecule has 0 radical (unpaired) electrons. The lowest BCUT2D eigenvalue weighted by molar-refractivity contribution is -0.148. The van der Waals surface area contributed by atoms with Gasteiger partial charge in [-0.1, -0.05) is 12.5 Å². The van der Waals surface area contributed by atoms with Crippen molar-refractivity contribution in [3.05, 3.63) is 29.3 Å². The number of carbonyl (C=O) groups is 1. The van der Waals surface area contributed by atoms with Crippen LogP contribution < -0.4 is 10.1 Å². The minimum atomic E-state index is -0.112. The lowest BCUT2D eigenvalue weighted by Crippen LogP contribution is -2.44. The molecule has 1 fully saturated rings. The predicted molar refractivity (Wildman–Crippen MR) is 83.7 cm³/mol. The Kier molecular flexibility index (Phi) is 4.95. The number of esters is 1. The van der Waals surface area contributed by atoms with Crippen molar-refractivity contribution in [1.29, 1.82) is 0 Å². The number of carbonyl (C=O) groups excluding carboxylic acids is 1. The molecule has 5 heteroatoms. The van der Waals surface area contributed by atoms with Gasteiger partial charge in [0.1, 0.15) is 18.4 Å². The first-order chi connectivity index (χ1) is 10.8. The van der Waals surface area contributed by atoms with Crippen molar-refractivity contribution >= 4 is 5.97 Å². The molecule has 1 unspecified atom stereocenters. The van der Waals surface area contributed by atoms with Gasteiger partial charge in [-0.05, 0) is 37.1 Å². The van der Waals surface area contributed by atoms with E-state index >= 15 is 0 Å². The van der Waals surface area contributed by atoms with Crippen molar-refractivity contribution < 1.29 is 14.3 Å². The smallest absolute Gasteiger partial charge is 0.323 e. The van der Waals surface area contributed by atoms with Crippen LogP contribution in [0.4, 0.5) is 0 Å². The number of methoxy groups -OCH3 is 1. The lowest BCUT2D eigenvalue weighted by atomic mass is 10.0. The zero-order valence-corrected chi connectivity index (χ0v) is 13.1. The molecule has 1 N–H and O–H groups in total. The van der Waals surface area contributed by atoms with Crippen molar-refractivity contribution in [2.24, 2.45) is 0 Å². The van der Waals surface area contributed by atoms with E-state index in [2.05, 4.69) is 28.4 Å². The van der Waals surface area contributed by atoms with Crippen LogP contribution in [-0.2, 0) is 22.6 Å². The van der Waals surface area contributed by atoms with Gasteiger partial charge in [-0.2, -0.15) is 0 Å². The highest BCUT2D eigenvalue weighted by Gasteiger charge is 2.29. The van der Waals surface area contributed by atoms with Crippen molar-refractivity contribution in [2.75, 3.05) is 26.8 Å². The first kappa shape index (κ1) is 15.3. The molecule has 0 amide bonds. The molecule has 0 saturated carbocycles. The molecule has 5 nitrogen and oxygen atoms in total. The second-order valence-electron chi connectivity index (χ2n) is 5.97. The molecule has 1 saturated heterocycles. The third kappa shape index (κ3) is 3.42. The molecule has 3 rings (SSSR count). The molecule has 2 heterocycles. The number of hydrogen-bond donors (Lipinski definition) is 1. The van der Waals surface area contributed by atoms with E-state index in [1.165, 1.54) is 18.2 Å². The third-order valence-corrected chi connectivity index (χ3v) is 4.45. The zero-order valence-electron chi connectivity index (χ0n) is 13.1. The lowest BCUT2D eigenvalue weighted by Gasteiger charge is -2.33. The van der Waals surface area contributed by atoms with E-state index < -0.39 is 0 Å². The molecule has 0 aromatic heterocycles. The number of rotatable bonds is 3. The van der Waals surface area contributed by atoms with E-state index in [9.17, 15) is 4.79 Å². The van der Waals surface area contributed by atoms with Gasteiger partial charge in [0.25, 0.3) is 0 Å². The van der Waals surface area contributed by atoms with Crippen molar-refractivity contribution in [1.82, 2.24) is 10.2 Å². The van der Waals surface area contributed by atoms with E-state index in [1.54, 1.807) is 0 Å². The molecule has 1 aromatic rings. The van der Waals surface area contributed by atoms with E-state index in [4.69, 9.17) is 9.47 Å². The van der Waals surface area contributed by atoms with Gasteiger partial charge in [-0.25, -0.2) is 0 Å². The van der Waals surface area contributed by atoms with Crippen LogP contribution >= 0.6 is 0 Å². The Bertz CT molecular complexity index is 533. The first-order valence-corrected chi connectivity index (χ1v) is 8.05. The fraction of sp³-hybridized carbons (Fsp3) is 0.588. The second kappa shape index (κ2) is 7.11. The average Bonchev–Trinajstić information content (AvgIpc) is 2.79. The molecular weight excluding hydrogens is 280 g/mol. The van der Waals surface area contributed by atoms with Crippen LogP contribution in [0.1, 0.15) is 30.4 Å². The van der Waals surface area contributed by atoms with Crippen LogP contribution in [0.25, 0.3) is 0 Å². The molecule has 22 heavy (non-hydrogen) atoms. The molecule has 2 aliphatic rings. The van der Waals surface area contributed by atoms with Gasteiger partial charge in [0, 0.05) is 25.2 Å². The summed E-state index contributed by atoms with van der Waals surface area (Å²) in [5.74, 6) is 0.858. The fourth-order valence-corrected chi connectivity index (χ4v) is 3.28. The van der Waals surface area contributed by atoms with E-state index in [0.717, 1.165) is 51.2 Å². The van der Waals surface area contributed by atoms with Crippen LogP contribution in [-0.4, -0.2) is 43.7 Å². The molecule has 2 aliphatic heterocycles. The number of piperidine rings is 1. The maximum atomic E-state index is 12.0. The highest BCUT2D eigenvalue weighted by Crippen LogP contribution is 2.25. The van der Waals surface area contributed by atoms with Gasteiger partial charge >= 0.3 is 5.97 Å². The number of ether oxygens (including phenoxy) is 2. The van der Waals surface area contributed by atoms with Gasteiger partial charge in [-0.3, -0.25) is 9.69 Å². The topological polar surface area (TPSA) is 50.8 Å². The minimum Gasteiger partial charge on any atom is -0.492 e. The number of nitrogens with zero attached hydrogens (tertiary/aromatic N) is 1. The third-order valence-electron chi connectivity index (χ3n) is 4.45. The Morgan fingerprint density at radius 3 is 3.23 bits per heavy atom. The van der Waals surface area contributed by atoms with Gasteiger partial charge in [0.15, 0.2) is 0 Å². The first-order valence-electron chi connectivity index (χ1n) is 8.05. The maximum Gasteiger partial charge on any atom is 0.323 e. The SMILES string of the molecule is COC(=O)C1CCCCN1Cc1ccc2c(c1)CNCCO2. The minimum absolute atomic E-state index is 0.105. The molecule has 0 aliphatic carbocycles. The highest BCUT2D eigenvalue weighted by atomic mass is 16.5. The average molecular weight is 304 g/mol. The number of nitrogens with one attached hydrogen (secondary N) is 1. The summed E-state index contributed by atoms with van der Waals surface area (Å²) >= 11 is 0. The summed E-state index contributed by atoms with van der Waals surface area (Å²) in [4.78, 5) is 14.2. The number of hydrogen-bond acceptors (Lipinski definition) is 5. The van der Waals surface area contributed by atoms with Crippen LogP contribution in [0.3, 0.4) is 0 Å². The summed E-state index contributed by atoms with van der Waals surface area (Å²) in [7, 11) is 1.47. The molecule has 1 aromatic carbocycles. The molecular formula is C17H24N2O3. The van der Waals surface area contributed by atoms with E-state index in [1.807, 2.05) is 0 Å². The molecule has 120 valence electrons. The number of likely N-dealkylation sites (tertiary alicyclic amines) is 1. The summed E-state index contributed by atoms with van der Waals surface area (Å²) in [6.45, 7) is 4.16. The fourth-order valence-electron chi connectivity index (χ4n) is 3.28. The summed E-state index contributed by atoms with van der Waals surface area (Å²) in [5, 5.41) is 3.36. The Labute approximate surface area is 131 Å². The van der Waals surface area contributed by atoms with Crippen molar-refractivity contribution in [3.8, 4) is 5.75 Å². The standard InChI is InChI=1S/C17H24N2O3/c1-21-17(20)15-4-2-3-8-19(15)12-13-5-6-16-14(10-13)11-18-7-9-22-16/h5-6,10,15,18H,2-4,7-9,11-12H2,1H3. The van der Waals surface area contributed by atoms with E-state index in [-0.39, 0.29) is 12.0 Å². The largest absolute Gasteiger partial charge is 0.492 e. The molecule has 1 atom stereocenters. The van der Waals surface area contributed by atoms with Crippen LogP contribution in [0.15, 0.2) is 18.2 Å². The van der Waals surface area contributed by atoms with Crippen LogP contribution in [0, 0.1) is 0 Å². The molecule has 0 bridgehead atoms. The summed E-state index contributed by atoms with van der Waals surface area (Å²) in [6, 6.07) is 6.24.